The number of rotatable bonds is 9. The number of unbranched alkanes of at least 4 members (excludes halogenated alkanes) is 3. The molecular weight excluding hydrogens is 256 g/mol. The van der Waals surface area contributed by atoms with E-state index in [1.807, 2.05) is 0 Å². The standard InChI is InChI=1S/C16H22O4/c1-3-4-5-6-11-20-14-9-7-13(8-10-16(17)18)12-15(14)19-2/h7-10,12H,3-6,11H2,1-2H3,(H,17,18)/p-1. The molecule has 0 aliphatic heterocycles. The molecule has 0 spiro atoms. The highest BCUT2D eigenvalue weighted by Gasteiger charge is 2.04. The zero-order valence-corrected chi connectivity index (χ0v) is 12.1. The highest BCUT2D eigenvalue weighted by Crippen LogP contribution is 2.28. The van der Waals surface area contributed by atoms with Gasteiger partial charge in [-0.05, 0) is 30.2 Å². The molecule has 0 aromatic heterocycles. The Hall–Kier alpha value is -1.97. The molecule has 0 amide bonds. The van der Waals surface area contributed by atoms with Gasteiger partial charge in [0, 0.05) is 0 Å². The fraction of sp³-hybridized carbons (Fsp3) is 0.438. The van der Waals surface area contributed by atoms with E-state index in [0.29, 0.717) is 18.1 Å². The lowest BCUT2D eigenvalue weighted by Gasteiger charge is -2.11. The maximum atomic E-state index is 10.4. The third-order valence-electron chi connectivity index (χ3n) is 2.86. The van der Waals surface area contributed by atoms with Gasteiger partial charge < -0.3 is 19.4 Å². The minimum absolute atomic E-state index is 0.598. The van der Waals surface area contributed by atoms with E-state index in [0.717, 1.165) is 24.5 Å². The number of hydrogen-bond acceptors (Lipinski definition) is 4. The molecule has 4 heteroatoms. The van der Waals surface area contributed by atoms with Crippen LogP contribution >= 0.6 is 0 Å². The lowest BCUT2D eigenvalue weighted by Crippen LogP contribution is -2.18. The summed E-state index contributed by atoms with van der Waals surface area (Å²) in [5.41, 5.74) is 0.726. The van der Waals surface area contributed by atoms with Gasteiger partial charge in [0.2, 0.25) is 0 Å². The minimum atomic E-state index is -1.22. The predicted octanol–water partition coefficient (Wildman–Crippen LogP) is 2.42. The van der Waals surface area contributed by atoms with Crippen LogP contribution in [-0.2, 0) is 4.79 Å². The largest absolute Gasteiger partial charge is 0.545 e. The summed E-state index contributed by atoms with van der Waals surface area (Å²) in [7, 11) is 1.56. The molecule has 0 aliphatic rings. The topological polar surface area (TPSA) is 58.6 Å². The third kappa shape index (κ3) is 5.78. The van der Waals surface area contributed by atoms with Gasteiger partial charge in [-0.15, -0.1) is 0 Å². The van der Waals surface area contributed by atoms with E-state index in [4.69, 9.17) is 9.47 Å². The van der Waals surface area contributed by atoms with Crippen molar-refractivity contribution in [3.8, 4) is 11.5 Å². The molecule has 1 aromatic rings. The van der Waals surface area contributed by atoms with Crippen LogP contribution < -0.4 is 14.6 Å². The highest BCUT2D eigenvalue weighted by atomic mass is 16.5. The van der Waals surface area contributed by atoms with Crippen molar-refractivity contribution in [2.24, 2.45) is 0 Å². The summed E-state index contributed by atoms with van der Waals surface area (Å²) in [6, 6.07) is 5.30. The smallest absolute Gasteiger partial charge is 0.161 e. The van der Waals surface area contributed by atoms with Crippen LogP contribution in [0.3, 0.4) is 0 Å². The van der Waals surface area contributed by atoms with Crippen LogP contribution in [0.5, 0.6) is 11.5 Å². The van der Waals surface area contributed by atoms with E-state index in [9.17, 15) is 9.90 Å². The normalized spacial score (nSPS) is 10.7. The Labute approximate surface area is 120 Å². The Kier molecular flexibility index (Phi) is 7.25. The molecule has 0 unspecified atom stereocenters. The van der Waals surface area contributed by atoms with Gasteiger partial charge in [-0.3, -0.25) is 0 Å². The van der Waals surface area contributed by atoms with Gasteiger partial charge in [0.1, 0.15) is 0 Å². The van der Waals surface area contributed by atoms with Gasteiger partial charge in [0.05, 0.1) is 19.7 Å². The number of carbonyl (C=O) groups is 1. The van der Waals surface area contributed by atoms with Crippen LogP contribution in [0.25, 0.3) is 6.08 Å². The fourth-order valence-electron chi connectivity index (χ4n) is 1.78. The number of aliphatic carboxylic acids is 1. The van der Waals surface area contributed by atoms with Gasteiger partial charge in [-0.25, -0.2) is 0 Å². The number of methoxy groups -OCH3 is 1. The van der Waals surface area contributed by atoms with Crippen molar-refractivity contribution in [1.29, 1.82) is 0 Å². The lowest BCUT2D eigenvalue weighted by atomic mass is 10.2. The average Bonchev–Trinajstić information content (AvgIpc) is 2.45. The molecule has 0 fully saturated rings. The van der Waals surface area contributed by atoms with Crippen LogP contribution in [0.2, 0.25) is 0 Å². The van der Waals surface area contributed by atoms with Crippen LogP contribution in [0.15, 0.2) is 24.3 Å². The van der Waals surface area contributed by atoms with Crippen molar-refractivity contribution < 1.29 is 19.4 Å². The second-order valence-electron chi connectivity index (χ2n) is 4.47. The molecule has 1 rings (SSSR count). The molecule has 1 aromatic carbocycles. The Morgan fingerprint density at radius 3 is 2.70 bits per heavy atom. The molecule has 0 bridgehead atoms. The number of carboxylic acid groups (broad SMARTS) is 1. The van der Waals surface area contributed by atoms with Gasteiger partial charge >= 0.3 is 0 Å². The summed E-state index contributed by atoms with van der Waals surface area (Å²) in [5.74, 6) is 0.0517. The molecule has 0 N–H and O–H groups in total. The van der Waals surface area contributed by atoms with E-state index >= 15 is 0 Å². The summed E-state index contributed by atoms with van der Waals surface area (Å²) in [6.07, 6.45) is 7.04. The highest BCUT2D eigenvalue weighted by molar-refractivity contribution is 5.83. The number of benzene rings is 1. The summed E-state index contributed by atoms with van der Waals surface area (Å²) >= 11 is 0. The Morgan fingerprint density at radius 1 is 1.25 bits per heavy atom. The molecular formula is C16H21O4-. The van der Waals surface area contributed by atoms with Crippen molar-refractivity contribution in [3.05, 3.63) is 29.8 Å². The second-order valence-corrected chi connectivity index (χ2v) is 4.47. The maximum Gasteiger partial charge on any atom is 0.161 e. The molecule has 0 saturated carbocycles. The van der Waals surface area contributed by atoms with Crippen molar-refractivity contribution in [2.75, 3.05) is 13.7 Å². The maximum absolute atomic E-state index is 10.4. The SMILES string of the molecule is CCCCCCOc1ccc(C=CC(=O)[O-])cc1OC. The van der Waals surface area contributed by atoms with Crippen molar-refractivity contribution >= 4 is 12.0 Å². The first-order chi connectivity index (χ1) is 9.67. The molecule has 110 valence electrons. The summed E-state index contributed by atoms with van der Waals surface area (Å²) in [4.78, 5) is 10.4. The lowest BCUT2D eigenvalue weighted by molar-refractivity contribution is -0.297. The molecule has 0 heterocycles. The zero-order valence-electron chi connectivity index (χ0n) is 12.1. The fourth-order valence-corrected chi connectivity index (χ4v) is 1.78. The van der Waals surface area contributed by atoms with E-state index < -0.39 is 5.97 Å². The van der Waals surface area contributed by atoms with E-state index in [2.05, 4.69) is 6.92 Å². The Balaban J connectivity index is 2.61. The number of carboxylic acids is 1. The molecule has 0 radical (unpaired) electrons. The Bertz CT molecular complexity index is 452. The second kappa shape index (κ2) is 9.02. The van der Waals surface area contributed by atoms with E-state index in [1.165, 1.54) is 18.9 Å². The van der Waals surface area contributed by atoms with Crippen molar-refractivity contribution in [3.63, 3.8) is 0 Å². The van der Waals surface area contributed by atoms with Crippen LogP contribution in [0.1, 0.15) is 38.2 Å². The summed E-state index contributed by atoms with van der Waals surface area (Å²) in [5, 5.41) is 10.4. The van der Waals surface area contributed by atoms with Gasteiger partial charge in [-0.1, -0.05) is 38.3 Å². The molecule has 20 heavy (non-hydrogen) atoms. The summed E-state index contributed by atoms with van der Waals surface area (Å²) in [6.45, 7) is 2.83. The van der Waals surface area contributed by atoms with Gasteiger partial charge in [0.15, 0.2) is 11.5 Å². The molecule has 0 atom stereocenters. The van der Waals surface area contributed by atoms with Crippen molar-refractivity contribution in [1.82, 2.24) is 0 Å². The molecule has 0 saturated heterocycles. The number of carbonyl (C=O) groups excluding carboxylic acids is 1. The third-order valence-corrected chi connectivity index (χ3v) is 2.86. The van der Waals surface area contributed by atoms with Gasteiger partial charge in [0.25, 0.3) is 0 Å². The first-order valence-corrected chi connectivity index (χ1v) is 6.87. The van der Waals surface area contributed by atoms with Crippen LogP contribution in [0.4, 0.5) is 0 Å². The monoisotopic (exact) mass is 277 g/mol. The minimum Gasteiger partial charge on any atom is -0.545 e. The molecule has 4 nitrogen and oxygen atoms in total. The van der Waals surface area contributed by atoms with E-state index in [-0.39, 0.29) is 0 Å². The van der Waals surface area contributed by atoms with Crippen LogP contribution in [0, 0.1) is 0 Å². The average molecular weight is 277 g/mol. The van der Waals surface area contributed by atoms with Gasteiger partial charge in [-0.2, -0.15) is 0 Å². The first kappa shape index (κ1) is 16.1. The zero-order chi connectivity index (χ0) is 14.8. The molecule has 0 aliphatic carbocycles. The Morgan fingerprint density at radius 2 is 2.05 bits per heavy atom. The summed E-state index contributed by atoms with van der Waals surface area (Å²) < 4.78 is 10.9. The number of ether oxygens (including phenoxy) is 2. The first-order valence-electron chi connectivity index (χ1n) is 6.87. The van der Waals surface area contributed by atoms with Crippen LogP contribution in [-0.4, -0.2) is 19.7 Å². The number of hydrogen-bond donors (Lipinski definition) is 0. The quantitative estimate of drug-likeness (QED) is 0.514. The van der Waals surface area contributed by atoms with E-state index in [1.54, 1.807) is 25.3 Å². The predicted molar refractivity (Wildman–Crippen MR) is 76.7 cm³/mol. The van der Waals surface area contributed by atoms with Crippen molar-refractivity contribution in [2.45, 2.75) is 32.6 Å².